The van der Waals surface area contributed by atoms with E-state index in [1.165, 1.54) is 0 Å². The maximum Gasteiger partial charge on any atom is 0.243 e. The largest absolute Gasteiger partial charge is 0.352 e. The maximum atomic E-state index is 13.8. The number of rotatable bonds is 10. The third-order valence-corrected chi connectivity index (χ3v) is 6.67. The highest BCUT2D eigenvalue weighted by Crippen LogP contribution is 2.19. The fourth-order valence-electron chi connectivity index (χ4n) is 3.85. The Labute approximate surface area is 211 Å². The monoisotopic (exact) mass is 520 g/mol. The molecule has 0 bridgehead atoms. The molecule has 0 aliphatic rings. The summed E-state index contributed by atoms with van der Waals surface area (Å²) in [6, 6.07) is 25.1. The Kier molecular flexibility index (Phi) is 9.46. The van der Waals surface area contributed by atoms with Gasteiger partial charge in [0.05, 0.1) is 6.42 Å². The molecule has 34 heavy (non-hydrogen) atoms. The summed E-state index contributed by atoms with van der Waals surface area (Å²) >= 11 is 3.48. The van der Waals surface area contributed by atoms with Gasteiger partial charge in [-0.25, -0.2) is 0 Å². The topological polar surface area (TPSA) is 49.4 Å². The summed E-state index contributed by atoms with van der Waals surface area (Å²) in [5.74, 6) is -0.175. The highest BCUT2D eigenvalue weighted by atomic mass is 79.9. The smallest absolute Gasteiger partial charge is 0.243 e. The number of halogens is 1. The Balaban J connectivity index is 1.97. The lowest BCUT2D eigenvalue weighted by Crippen LogP contribution is -2.52. The zero-order valence-electron chi connectivity index (χ0n) is 20.1. The van der Waals surface area contributed by atoms with Crippen LogP contribution in [0.1, 0.15) is 42.5 Å². The van der Waals surface area contributed by atoms with Crippen molar-refractivity contribution in [3.05, 3.63) is 106 Å². The normalized spacial score (nSPS) is 12.6. The van der Waals surface area contributed by atoms with Gasteiger partial charge in [0.25, 0.3) is 0 Å². The van der Waals surface area contributed by atoms with Gasteiger partial charge in [0.1, 0.15) is 6.04 Å². The van der Waals surface area contributed by atoms with E-state index in [-0.39, 0.29) is 24.3 Å². The number of carbonyl (C=O) groups excluding carboxylic acids is 2. The van der Waals surface area contributed by atoms with Crippen molar-refractivity contribution < 1.29 is 9.59 Å². The van der Waals surface area contributed by atoms with Crippen molar-refractivity contribution in [1.82, 2.24) is 10.2 Å². The molecule has 3 aromatic rings. The molecule has 178 valence electrons. The first-order valence-corrected chi connectivity index (χ1v) is 12.6. The van der Waals surface area contributed by atoms with E-state index in [1.807, 2.05) is 99.6 Å². The quantitative estimate of drug-likeness (QED) is 0.364. The Morgan fingerprint density at radius 1 is 0.912 bits per heavy atom. The number of amides is 2. The van der Waals surface area contributed by atoms with E-state index in [1.54, 1.807) is 4.90 Å². The lowest BCUT2D eigenvalue weighted by atomic mass is 10.00. The van der Waals surface area contributed by atoms with Crippen LogP contribution >= 0.6 is 15.9 Å². The van der Waals surface area contributed by atoms with Crippen molar-refractivity contribution >= 4 is 27.7 Å². The summed E-state index contributed by atoms with van der Waals surface area (Å²) in [4.78, 5) is 29.0. The lowest BCUT2D eigenvalue weighted by molar-refractivity contribution is -0.141. The molecule has 0 saturated carbocycles. The van der Waals surface area contributed by atoms with E-state index in [0.29, 0.717) is 13.0 Å². The fourth-order valence-corrected chi connectivity index (χ4v) is 4.12. The van der Waals surface area contributed by atoms with Crippen LogP contribution in [0.5, 0.6) is 0 Å². The van der Waals surface area contributed by atoms with Crippen LogP contribution in [0.25, 0.3) is 0 Å². The van der Waals surface area contributed by atoms with Gasteiger partial charge in [0.15, 0.2) is 0 Å². The molecule has 2 amide bonds. The van der Waals surface area contributed by atoms with Crippen molar-refractivity contribution in [2.75, 3.05) is 0 Å². The minimum Gasteiger partial charge on any atom is -0.352 e. The van der Waals surface area contributed by atoms with Crippen LogP contribution in [-0.2, 0) is 29.0 Å². The van der Waals surface area contributed by atoms with Crippen LogP contribution in [-0.4, -0.2) is 28.8 Å². The van der Waals surface area contributed by atoms with E-state index < -0.39 is 6.04 Å². The maximum absolute atomic E-state index is 13.8. The summed E-state index contributed by atoms with van der Waals surface area (Å²) in [6.07, 6.45) is 1.54. The molecular formula is C29H33BrN2O2. The molecule has 4 nitrogen and oxygen atoms in total. The molecule has 0 saturated heterocycles. The number of aryl methyl sites for hydroxylation is 1. The van der Waals surface area contributed by atoms with Gasteiger partial charge >= 0.3 is 0 Å². The summed E-state index contributed by atoms with van der Waals surface area (Å²) in [7, 11) is 0. The van der Waals surface area contributed by atoms with E-state index in [2.05, 4.69) is 21.2 Å². The highest BCUT2D eigenvalue weighted by Gasteiger charge is 2.31. The summed E-state index contributed by atoms with van der Waals surface area (Å²) in [6.45, 7) is 6.41. The fraction of sp³-hybridized carbons (Fsp3) is 0.310. The first-order chi connectivity index (χ1) is 16.4. The number of carbonyl (C=O) groups is 2. The van der Waals surface area contributed by atoms with Crippen molar-refractivity contribution in [3.8, 4) is 0 Å². The molecule has 0 unspecified atom stereocenters. The molecule has 2 atom stereocenters. The molecule has 0 spiro atoms. The first-order valence-electron chi connectivity index (χ1n) is 11.8. The van der Waals surface area contributed by atoms with Crippen LogP contribution in [0.4, 0.5) is 0 Å². The van der Waals surface area contributed by atoms with Crippen LogP contribution in [0.15, 0.2) is 83.3 Å². The number of nitrogens with zero attached hydrogens (tertiary/aromatic N) is 1. The van der Waals surface area contributed by atoms with Gasteiger partial charge in [-0.3, -0.25) is 9.59 Å². The summed E-state index contributed by atoms with van der Waals surface area (Å²) in [5, 5.41) is 3.12. The molecule has 1 N–H and O–H groups in total. The molecule has 5 heteroatoms. The second-order valence-electron chi connectivity index (χ2n) is 8.77. The van der Waals surface area contributed by atoms with Crippen LogP contribution in [0.2, 0.25) is 0 Å². The zero-order valence-corrected chi connectivity index (χ0v) is 21.7. The summed E-state index contributed by atoms with van der Waals surface area (Å²) in [5.41, 5.74) is 4.06. The first kappa shape index (κ1) is 25.7. The van der Waals surface area contributed by atoms with Crippen LogP contribution < -0.4 is 5.32 Å². The van der Waals surface area contributed by atoms with Crippen LogP contribution in [0.3, 0.4) is 0 Å². The Morgan fingerprint density at radius 3 is 2.21 bits per heavy atom. The predicted molar refractivity (Wildman–Crippen MR) is 141 cm³/mol. The zero-order chi connectivity index (χ0) is 24.5. The molecule has 0 aliphatic heterocycles. The third kappa shape index (κ3) is 7.29. The number of benzene rings is 3. The SMILES string of the molecule is CC[C@H](C)NC(=O)[C@H](Cc1ccccc1)N(Cc1ccc(Br)cc1)C(=O)Cc1ccccc1C. The summed E-state index contributed by atoms with van der Waals surface area (Å²) < 4.78 is 0.976. The van der Waals surface area contributed by atoms with Gasteiger partial charge in [-0.1, -0.05) is 89.6 Å². The minimum absolute atomic E-state index is 0.0340. The molecule has 0 aromatic heterocycles. The molecule has 0 heterocycles. The van der Waals surface area contributed by atoms with E-state index >= 15 is 0 Å². The van der Waals surface area contributed by atoms with Gasteiger partial charge in [-0.05, 0) is 54.7 Å². The number of hydrogen-bond acceptors (Lipinski definition) is 2. The predicted octanol–water partition coefficient (Wildman–Crippen LogP) is 5.85. The molecule has 3 rings (SSSR count). The Bertz CT molecular complexity index is 1080. The van der Waals surface area contributed by atoms with Crippen molar-refractivity contribution in [2.24, 2.45) is 0 Å². The number of nitrogens with one attached hydrogen (secondary N) is 1. The average Bonchev–Trinajstić information content (AvgIpc) is 2.84. The van der Waals surface area contributed by atoms with Gasteiger partial charge < -0.3 is 10.2 Å². The molecule has 0 fully saturated rings. The second kappa shape index (κ2) is 12.5. The van der Waals surface area contributed by atoms with Crippen molar-refractivity contribution in [2.45, 2.75) is 58.7 Å². The lowest BCUT2D eigenvalue weighted by Gasteiger charge is -2.32. The minimum atomic E-state index is -0.614. The Hall–Kier alpha value is -2.92. The van der Waals surface area contributed by atoms with Crippen LogP contribution in [0, 0.1) is 6.92 Å². The Morgan fingerprint density at radius 2 is 1.56 bits per heavy atom. The third-order valence-electron chi connectivity index (χ3n) is 6.14. The molecule has 0 radical (unpaired) electrons. The van der Waals surface area contributed by atoms with E-state index in [4.69, 9.17) is 0 Å². The molecule has 3 aromatic carbocycles. The second-order valence-corrected chi connectivity index (χ2v) is 9.69. The van der Waals surface area contributed by atoms with E-state index in [0.717, 1.165) is 33.1 Å². The van der Waals surface area contributed by atoms with Crippen molar-refractivity contribution in [1.29, 1.82) is 0 Å². The van der Waals surface area contributed by atoms with Gasteiger partial charge in [0, 0.05) is 23.5 Å². The molecular weight excluding hydrogens is 488 g/mol. The van der Waals surface area contributed by atoms with Gasteiger partial charge in [-0.2, -0.15) is 0 Å². The van der Waals surface area contributed by atoms with Gasteiger partial charge in [-0.15, -0.1) is 0 Å². The van der Waals surface area contributed by atoms with Gasteiger partial charge in [0.2, 0.25) is 11.8 Å². The number of hydrogen-bond donors (Lipinski definition) is 1. The average molecular weight is 521 g/mol. The highest BCUT2D eigenvalue weighted by molar-refractivity contribution is 9.10. The standard InChI is InChI=1S/C29H33BrN2O2/c1-4-22(3)31-29(34)27(18-23-11-6-5-7-12-23)32(20-24-14-16-26(30)17-15-24)28(33)19-25-13-9-8-10-21(25)2/h5-17,22,27H,4,18-20H2,1-3H3,(H,31,34)/t22-,27-/m0/s1. The molecule has 0 aliphatic carbocycles. The van der Waals surface area contributed by atoms with E-state index in [9.17, 15) is 9.59 Å². The van der Waals surface area contributed by atoms with Crippen molar-refractivity contribution in [3.63, 3.8) is 0 Å².